The number of ether oxygens (including phenoxy) is 1. The Morgan fingerprint density at radius 2 is 2.05 bits per heavy atom. The van der Waals surface area contributed by atoms with Crippen LogP contribution >= 0.6 is 15.9 Å². The molecule has 2 rings (SSSR count). The predicted octanol–water partition coefficient (Wildman–Crippen LogP) is 3.50. The zero-order chi connectivity index (χ0) is 14.7. The van der Waals surface area contributed by atoms with Crippen molar-refractivity contribution in [1.82, 2.24) is 9.97 Å². The smallest absolute Gasteiger partial charge is 0.227 e. The number of hydrazine groups is 1. The van der Waals surface area contributed by atoms with Gasteiger partial charge in [0, 0.05) is 10.9 Å². The van der Waals surface area contributed by atoms with E-state index in [-0.39, 0.29) is 0 Å². The van der Waals surface area contributed by atoms with Gasteiger partial charge < -0.3 is 10.2 Å². The summed E-state index contributed by atoms with van der Waals surface area (Å²) in [4.78, 5) is 8.74. The molecule has 0 atom stereocenters. The molecule has 0 radical (unpaired) electrons. The number of benzene rings is 1. The SMILES string of the molecule is CCc1nc(NN)c(C)c(Oc2cc(Br)ccc2C)n1. The average Bonchev–Trinajstić information content (AvgIpc) is 2.45. The molecule has 1 aromatic heterocycles. The molecular weight excluding hydrogens is 320 g/mol. The van der Waals surface area contributed by atoms with Crippen molar-refractivity contribution in [3.8, 4) is 11.6 Å². The topological polar surface area (TPSA) is 73.1 Å². The van der Waals surface area contributed by atoms with Gasteiger partial charge in [0.1, 0.15) is 17.4 Å². The van der Waals surface area contributed by atoms with E-state index in [1.165, 1.54) is 0 Å². The molecule has 20 heavy (non-hydrogen) atoms. The van der Waals surface area contributed by atoms with Crippen LogP contribution in [-0.2, 0) is 6.42 Å². The quantitative estimate of drug-likeness (QED) is 0.660. The first-order valence-corrected chi connectivity index (χ1v) is 7.12. The van der Waals surface area contributed by atoms with Gasteiger partial charge in [0.25, 0.3) is 0 Å². The van der Waals surface area contributed by atoms with Gasteiger partial charge in [-0.15, -0.1) is 0 Å². The third-order valence-corrected chi connectivity index (χ3v) is 3.45. The van der Waals surface area contributed by atoms with Crippen molar-refractivity contribution in [3.63, 3.8) is 0 Å². The second-order valence-corrected chi connectivity index (χ2v) is 5.34. The fourth-order valence-electron chi connectivity index (χ4n) is 1.73. The molecule has 0 unspecified atom stereocenters. The summed E-state index contributed by atoms with van der Waals surface area (Å²) in [6, 6.07) is 5.87. The number of aryl methyl sites for hydroxylation is 2. The van der Waals surface area contributed by atoms with Crippen molar-refractivity contribution in [2.75, 3.05) is 5.43 Å². The summed E-state index contributed by atoms with van der Waals surface area (Å²) >= 11 is 3.44. The number of aromatic nitrogens is 2. The number of nitrogens with zero attached hydrogens (tertiary/aromatic N) is 2. The molecule has 0 saturated carbocycles. The molecule has 5 nitrogen and oxygen atoms in total. The third kappa shape index (κ3) is 3.08. The summed E-state index contributed by atoms with van der Waals surface area (Å²) in [7, 11) is 0. The molecule has 2 aromatic rings. The van der Waals surface area contributed by atoms with Gasteiger partial charge in [-0.25, -0.2) is 10.8 Å². The fourth-order valence-corrected chi connectivity index (χ4v) is 2.07. The van der Waals surface area contributed by atoms with Crippen molar-refractivity contribution in [2.45, 2.75) is 27.2 Å². The number of anilines is 1. The standard InChI is InChI=1S/C14H17BrN4O/c1-4-12-17-13(19-16)9(3)14(18-12)20-11-7-10(15)6-5-8(11)2/h5-7H,4,16H2,1-3H3,(H,17,18,19). The Kier molecular flexibility index (Phi) is 4.57. The Bertz CT molecular complexity index is 631. The van der Waals surface area contributed by atoms with Gasteiger partial charge in [-0.1, -0.05) is 28.9 Å². The Morgan fingerprint density at radius 1 is 1.30 bits per heavy atom. The van der Waals surface area contributed by atoms with Crippen molar-refractivity contribution < 1.29 is 4.74 Å². The van der Waals surface area contributed by atoms with Crippen molar-refractivity contribution in [2.24, 2.45) is 5.84 Å². The lowest BCUT2D eigenvalue weighted by molar-refractivity contribution is 0.451. The Balaban J connectivity index is 2.44. The van der Waals surface area contributed by atoms with Crippen LogP contribution in [0.4, 0.5) is 5.82 Å². The number of rotatable bonds is 4. The third-order valence-electron chi connectivity index (χ3n) is 2.96. The van der Waals surface area contributed by atoms with Crippen LogP contribution in [0.1, 0.15) is 23.9 Å². The summed E-state index contributed by atoms with van der Waals surface area (Å²) in [5.74, 6) is 8.03. The van der Waals surface area contributed by atoms with Gasteiger partial charge in [0.15, 0.2) is 0 Å². The molecule has 0 bridgehead atoms. The molecule has 0 aliphatic heterocycles. The highest BCUT2D eigenvalue weighted by Gasteiger charge is 2.12. The van der Waals surface area contributed by atoms with Crippen LogP contribution in [0.2, 0.25) is 0 Å². The number of nitrogen functional groups attached to an aromatic ring is 1. The molecule has 0 saturated heterocycles. The lowest BCUT2D eigenvalue weighted by Crippen LogP contribution is -2.13. The van der Waals surface area contributed by atoms with Crippen LogP contribution in [0.15, 0.2) is 22.7 Å². The number of nitrogens with one attached hydrogen (secondary N) is 1. The van der Waals surface area contributed by atoms with Crippen LogP contribution in [0.3, 0.4) is 0 Å². The van der Waals surface area contributed by atoms with Crippen molar-refractivity contribution >= 4 is 21.7 Å². The second-order valence-electron chi connectivity index (χ2n) is 4.43. The summed E-state index contributed by atoms with van der Waals surface area (Å²) < 4.78 is 6.89. The average molecular weight is 337 g/mol. The molecule has 0 spiro atoms. The number of nitrogens with two attached hydrogens (primary N) is 1. The Labute approximate surface area is 126 Å². The first-order chi connectivity index (χ1) is 9.55. The highest BCUT2D eigenvalue weighted by atomic mass is 79.9. The molecule has 0 aliphatic rings. The first kappa shape index (κ1) is 14.7. The van der Waals surface area contributed by atoms with E-state index in [9.17, 15) is 0 Å². The summed E-state index contributed by atoms with van der Waals surface area (Å²) in [5, 5.41) is 0. The fraction of sp³-hybridized carbons (Fsp3) is 0.286. The number of hydrogen-bond acceptors (Lipinski definition) is 5. The summed E-state index contributed by atoms with van der Waals surface area (Å²) in [6.07, 6.45) is 0.711. The maximum atomic E-state index is 5.93. The molecule has 1 aromatic carbocycles. The zero-order valence-corrected chi connectivity index (χ0v) is 13.3. The minimum atomic E-state index is 0.519. The number of hydrogen-bond donors (Lipinski definition) is 2. The monoisotopic (exact) mass is 336 g/mol. The van der Waals surface area contributed by atoms with E-state index in [0.29, 0.717) is 23.9 Å². The summed E-state index contributed by atoms with van der Waals surface area (Å²) in [6.45, 7) is 5.84. The minimum Gasteiger partial charge on any atom is -0.438 e. The molecule has 0 aliphatic carbocycles. The maximum absolute atomic E-state index is 5.93. The molecule has 3 N–H and O–H groups in total. The van der Waals surface area contributed by atoms with Gasteiger partial charge in [0.2, 0.25) is 5.88 Å². The van der Waals surface area contributed by atoms with Crippen LogP contribution in [0.5, 0.6) is 11.6 Å². The van der Waals surface area contributed by atoms with E-state index in [1.807, 2.05) is 39.0 Å². The highest BCUT2D eigenvalue weighted by Crippen LogP contribution is 2.30. The van der Waals surface area contributed by atoms with Crippen LogP contribution in [0.25, 0.3) is 0 Å². The zero-order valence-electron chi connectivity index (χ0n) is 11.7. The van der Waals surface area contributed by atoms with Gasteiger partial charge in [-0.2, -0.15) is 4.98 Å². The van der Waals surface area contributed by atoms with Crippen molar-refractivity contribution in [3.05, 3.63) is 39.6 Å². The van der Waals surface area contributed by atoms with Gasteiger partial charge in [-0.05, 0) is 31.5 Å². The van der Waals surface area contributed by atoms with Crippen LogP contribution in [0, 0.1) is 13.8 Å². The predicted molar refractivity (Wildman–Crippen MR) is 82.9 cm³/mol. The van der Waals surface area contributed by atoms with Crippen LogP contribution < -0.4 is 16.0 Å². The number of halogens is 1. The lowest BCUT2D eigenvalue weighted by atomic mass is 10.2. The van der Waals surface area contributed by atoms with E-state index in [0.717, 1.165) is 21.3 Å². The Morgan fingerprint density at radius 3 is 2.70 bits per heavy atom. The van der Waals surface area contributed by atoms with E-state index >= 15 is 0 Å². The molecule has 106 valence electrons. The molecule has 0 amide bonds. The molecular formula is C14H17BrN4O. The van der Waals surface area contributed by atoms with Crippen molar-refractivity contribution in [1.29, 1.82) is 0 Å². The minimum absolute atomic E-state index is 0.519. The Hall–Kier alpha value is -1.66. The van der Waals surface area contributed by atoms with E-state index in [2.05, 4.69) is 31.3 Å². The molecule has 1 heterocycles. The van der Waals surface area contributed by atoms with Gasteiger partial charge >= 0.3 is 0 Å². The molecule has 6 heteroatoms. The van der Waals surface area contributed by atoms with E-state index in [1.54, 1.807) is 0 Å². The van der Waals surface area contributed by atoms with Gasteiger partial charge in [-0.3, -0.25) is 0 Å². The second kappa shape index (κ2) is 6.19. The van der Waals surface area contributed by atoms with Gasteiger partial charge in [0.05, 0.1) is 5.56 Å². The molecule has 0 fully saturated rings. The van der Waals surface area contributed by atoms with E-state index in [4.69, 9.17) is 10.6 Å². The lowest BCUT2D eigenvalue weighted by Gasteiger charge is -2.13. The normalized spacial score (nSPS) is 10.4. The van der Waals surface area contributed by atoms with E-state index < -0.39 is 0 Å². The summed E-state index contributed by atoms with van der Waals surface area (Å²) in [5.41, 5.74) is 4.40. The maximum Gasteiger partial charge on any atom is 0.227 e. The van der Waals surface area contributed by atoms with Crippen LogP contribution in [-0.4, -0.2) is 9.97 Å². The first-order valence-electron chi connectivity index (χ1n) is 6.33. The highest BCUT2D eigenvalue weighted by molar-refractivity contribution is 9.10. The largest absolute Gasteiger partial charge is 0.438 e.